The van der Waals surface area contributed by atoms with E-state index >= 15 is 0 Å². The number of rotatable bonds is 4. The lowest BCUT2D eigenvalue weighted by Gasteiger charge is -2.21. The first-order valence-electron chi connectivity index (χ1n) is 7.10. The van der Waals surface area contributed by atoms with Gasteiger partial charge >= 0.3 is 6.03 Å². The number of thioether (sulfide) groups is 1. The van der Waals surface area contributed by atoms with Gasteiger partial charge in [-0.1, -0.05) is 29.8 Å². The van der Waals surface area contributed by atoms with Crippen molar-refractivity contribution in [2.75, 3.05) is 39.1 Å². The average Bonchev–Trinajstić information content (AvgIpc) is 2.74. The molecule has 0 spiro atoms. The molecule has 6 heteroatoms. The number of nitrogens with zero attached hydrogens (tertiary/aromatic N) is 1. The molecule has 2 rings (SSSR count). The Morgan fingerprint density at radius 2 is 2.29 bits per heavy atom. The van der Waals surface area contributed by atoms with E-state index in [1.165, 1.54) is 5.56 Å². The van der Waals surface area contributed by atoms with Crippen LogP contribution in [0.1, 0.15) is 17.2 Å². The maximum Gasteiger partial charge on any atom is 0.317 e. The van der Waals surface area contributed by atoms with Crippen LogP contribution in [0, 0.1) is 0 Å². The lowest BCUT2D eigenvalue weighted by atomic mass is 10.1. The molecule has 1 atom stereocenters. The van der Waals surface area contributed by atoms with Crippen molar-refractivity contribution in [3.63, 3.8) is 0 Å². The van der Waals surface area contributed by atoms with E-state index in [-0.39, 0.29) is 6.03 Å². The van der Waals surface area contributed by atoms with E-state index in [0.29, 0.717) is 18.4 Å². The summed E-state index contributed by atoms with van der Waals surface area (Å²) in [5.74, 6) is 0.924. The molecule has 1 unspecified atom stereocenters. The van der Waals surface area contributed by atoms with Crippen LogP contribution in [0.2, 0.25) is 5.02 Å². The van der Waals surface area contributed by atoms with Crippen molar-refractivity contribution in [1.82, 2.24) is 10.2 Å². The minimum atomic E-state index is -0.00698. The quantitative estimate of drug-likeness (QED) is 0.863. The Morgan fingerprint density at radius 1 is 1.48 bits per heavy atom. The number of ether oxygens (including phenoxy) is 1. The van der Waals surface area contributed by atoms with Crippen molar-refractivity contribution < 1.29 is 9.53 Å². The Morgan fingerprint density at radius 3 is 3.05 bits per heavy atom. The van der Waals surface area contributed by atoms with E-state index in [4.69, 9.17) is 16.3 Å². The third kappa shape index (κ3) is 4.80. The van der Waals surface area contributed by atoms with Gasteiger partial charge in [-0.25, -0.2) is 4.79 Å². The Kier molecular flexibility index (Phi) is 6.67. The summed E-state index contributed by atoms with van der Waals surface area (Å²) in [5, 5.41) is 4.04. The predicted molar refractivity (Wildman–Crippen MR) is 88.1 cm³/mol. The van der Waals surface area contributed by atoms with Gasteiger partial charge in [0.25, 0.3) is 0 Å². The van der Waals surface area contributed by atoms with Gasteiger partial charge < -0.3 is 15.0 Å². The van der Waals surface area contributed by atoms with Crippen LogP contribution in [0.15, 0.2) is 24.3 Å². The van der Waals surface area contributed by atoms with Gasteiger partial charge in [0, 0.05) is 42.8 Å². The van der Waals surface area contributed by atoms with E-state index in [1.54, 1.807) is 7.11 Å². The number of methoxy groups -OCH3 is 1. The zero-order valence-corrected chi connectivity index (χ0v) is 13.8. The summed E-state index contributed by atoms with van der Waals surface area (Å²) in [6.07, 6.45) is 0.923. The third-order valence-corrected chi connectivity index (χ3v) is 5.12. The topological polar surface area (TPSA) is 41.6 Å². The van der Waals surface area contributed by atoms with Crippen molar-refractivity contribution in [3.05, 3.63) is 34.9 Å². The molecule has 0 radical (unpaired) electrons. The summed E-state index contributed by atoms with van der Waals surface area (Å²) < 4.78 is 4.94. The van der Waals surface area contributed by atoms with E-state index in [9.17, 15) is 4.79 Å². The molecule has 1 aliphatic heterocycles. The van der Waals surface area contributed by atoms with Gasteiger partial charge in [-0.15, -0.1) is 0 Å². The largest absolute Gasteiger partial charge is 0.383 e. The first-order valence-corrected chi connectivity index (χ1v) is 8.53. The van der Waals surface area contributed by atoms with E-state index in [1.807, 2.05) is 34.9 Å². The number of carbonyl (C=O) groups excluding carboxylic acids is 1. The minimum absolute atomic E-state index is 0.00698. The van der Waals surface area contributed by atoms with Crippen molar-refractivity contribution in [1.29, 1.82) is 0 Å². The van der Waals surface area contributed by atoms with Crippen LogP contribution in [0.3, 0.4) is 0 Å². The minimum Gasteiger partial charge on any atom is -0.383 e. The highest BCUT2D eigenvalue weighted by atomic mass is 35.5. The van der Waals surface area contributed by atoms with Crippen LogP contribution >= 0.6 is 23.4 Å². The van der Waals surface area contributed by atoms with Crippen molar-refractivity contribution in [2.24, 2.45) is 0 Å². The summed E-state index contributed by atoms with van der Waals surface area (Å²) >= 11 is 8.14. The SMILES string of the molecule is COCCNC(=O)N1CCSC(c2ccccc2Cl)CC1. The fourth-order valence-electron chi connectivity index (χ4n) is 2.33. The number of carbonyl (C=O) groups is 1. The first-order chi connectivity index (χ1) is 10.2. The summed E-state index contributed by atoms with van der Waals surface area (Å²) in [5.41, 5.74) is 1.17. The molecule has 1 N–H and O–H groups in total. The molecule has 1 aliphatic rings. The molecule has 0 saturated carbocycles. The second-order valence-corrected chi connectivity index (χ2v) is 6.60. The van der Waals surface area contributed by atoms with Gasteiger partial charge in [0.2, 0.25) is 0 Å². The molecule has 1 fully saturated rings. The maximum absolute atomic E-state index is 12.1. The Balaban J connectivity index is 1.90. The second kappa shape index (κ2) is 8.51. The molecule has 1 saturated heterocycles. The van der Waals surface area contributed by atoms with E-state index < -0.39 is 0 Å². The number of urea groups is 1. The molecular formula is C15H21ClN2O2S. The van der Waals surface area contributed by atoms with Gasteiger partial charge in [-0.05, 0) is 18.1 Å². The molecule has 4 nitrogen and oxygen atoms in total. The molecule has 21 heavy (non-hydrogen) atoms. The van der Waals surface area contributed by atoms with Crippen LogP contribution in [-0.2, 0) is 4.74 Å². The lowest BCUT2D eigenvalue weighted by molar-refractivity contribution is 0.181. The standard InChI is InChI=1S/C15H21ClN2O2S/c1-20-10-7-17-15(19)18-8-6-14(21-11-9-18)12-4-2-3-5-13(12)16/h2-5,14H,6-11H2,1H3,(H,17,19). The summed E-state index contributed by atoms with van der Waals surface area (Å²) in [6.45, 7) is 2.61. The molecule has 1 aromatic rings. The molecule has 2 amide bonds. The molecule has 1 heterocycles. The van der Waals surface area contributed by atoms with Gasteiger partial charge in [0.15, 0.2) is 0 Å². The number of halogens is 1. The highest BCUT2D eigenvalue weighted by Gasteiger charge is 2.22. The molecule has 0 aliphatic carbocycles. The predicted octanol–water partition coefficient (Wildman–Crippen LogP) is 3.18. The highest BCUT2D eigenvalue weighted by Crippen LogP contribution is 2.37. The van der Waals surface area contributed by atoms with Crippen LogP contribution < -0.4 is 5.32 Å². The number of hydrogen-bond acceptors (Lipinski definition) is 3. The molecule has 1 aromatic carbocycles. The number of benzene rings is 1. The molecular weight excluding hydrogens is 308 g/mol. The summed E-state index contributed by atoms with van der Waals surface area (Å²) in [6, 6.07) is 7.96. The summed E-state index contributed by atoms with van der Waals surface area (Å²) in [4.78, 5) is 13.9. The smallest absolute Gasteiger partial charge is 0.317 e. The van der Waals surface area contributed by atoms with Crippen LogP contribution in [0.25, 0.3) is 0 Å². The van der Waals surface area contributed by atoms with Crippen LogP contribution in [0.5, 0.6) is 0 Å². The van der Waals surface area contributed by atoms with Gasteiger partial charge in [-0.3, -0.25) is 0 Å². The Hall–Kier alpha value is -0.910. The van der Waals surface area contributed by atoms with E-state index in [0.717, 1.165) is 30.3 Å². The Bertz CT molecular complexity index is 473. The second-order valence-electron chi connectivity index (χ2n) is 4.88. The molecule has 0 aromatic heterocycles. The zero-order chi connectivity index (χ0) is 15.1. The van der Waals surface area contributed by atoms with Gasteiger partial charge in [-0.2, -0.15) is 11.8 Å². The number of nitrogens with one attached hydrogen (secondary N) is 1. The van der Waals surface area contributed by atoms with Crippen molar-refractivity contribution >= 4 is 29.4 Å². The average molecular weight is 329 g/mol. The highest BCUT2D eigenvalue weighted by molar-refractivity contribution is 7.99. The van der Waals surface area contributed by atoms with Crippen LogP contribution in [0.4, 0.5) is 4.79 Å². The monoisotopic (exact) mass is 328 g/mol. The zero-order valence-electron chi connectivity index (χ0n) is 12.2. The van der Waals surface area contributed by atoms with Crippen molar-refractivity contribution in [3.8, 4) is 0 Å². The molecule has 0 bridgehead atoms. The molecule has 116 valence electrons. The third-order valence-electron chi connectivity index (χ3n) is 3.46. The van der Waals surface area contributed by atoms with Gasteiger partial charge in [0.05, 0.1) is 6.61 Å². The van der Waals surface area contributed by atoms with Crippen LogP contribution in [-0.4, -0.2) is 50.0 Å². The first kappa shape index (κ1) is 16.5. The maximum atomic E-state index is 12.1. The fourth-order valence-corrected chi connectivity index (χ4v) is 3.93. The van der Waals surface area contributed by atoms with Crippen molar-refractivity contribution in [2.45, 2.75) is 11.7 Å². The van der Waals surface area contributed by atoms with E-state index in [2.05, 4.69) is 11.4 Å². The summed E-state index contributed by atoms with van der Waals surface area (Å²) in [7, 11) is 1.63. The normalized spacial score (nSPS) is 19.1. The van der Waals surface area contributed by atoms with Gasteiger partial charge in [0.1, 0.15) is 0 Å². The Labute approximate surface area is 135 Å². The number of hydrogen-bond donors (Lipinski definition) is 1. The fraction of sp³-hybridized carbons (Fsp3) is 0.533. The lowest BCUT2D eigenvalue weighted by Crippen LogP contribution is -2.42. The number of amides is 2.